The highest BCUT2D eigenvalue weighted by Crippen LogP contribution is 2.58. The van der Waals surface area contributed by atoms with Crippen LogP contribution in [0.1, 0.15) is 39.5 Å². The summed E-state index contributed by atoms with van der Waals surface area (Å²) < 4.78 is 0. The van der Waals surface area contributed by atoms with Crippen LogP contribution in [0, 0.1) is 17.3 Å². The van der Waals surface area contributed by atoms with Crippen molar-refractivity contribution in [3.05, 3.63) is 0 Å². The Hall–Kier alpha value is -1.10. The van der Waals surface area contributed by atoms with E-state index in [0.717, 1.165) is 19.6 Å². The van der Waals surface area contributed by atoms with Gasteiger partial charge in [-0.1, -0.05) is 26.7 Å². The maximum absolute atomic E-state index is 12.1. The van der Waals surface area contributed by atoms with Crippen molar-refractivity contribution in [2.75, 3.05) is 26.2 Å². The van der Waals surface area contributed by atoms with E-state index in [-0.39, 0.29) is 11.8 Å². The van der Waals surface area contributed by atoms with Gasteiger partial charge in [-0.2, -0.15) is 0 Å². The Morgan fingerprint density at radius 1 is 1.15 bits per heavy atom. The SMILES string of the molecule is CC1(C)[C@H](C(=O)O)[C@@H]1C(=O)NCCN1CCCCCC1. The molecule has 1 saturated carbocycles. The third-order valence-electron chi connectivity index (χ3n) is 4.80. The van der Waals surface area contributed by atoms with Crippen LogP contribution in [0.15, 0.2) is 0 Å². The van der Waals surface area contributed by atoms with Crippen molar-refractivity contribution in [3.63, 3.8) is 0 Å². The Bertz CT molecular complexity index is 373. The summed E-state index contributed by atoms with van der Waals surface area (Å²) >= 11 is 0. The van der Waals surface area contributed by atoms with Gasteiger partial charge in [0.15, 0.2) is 0 Å². The lowest BCUT2D eigenvalue weighted by Gasteiger charge is -2.19. The molecule has 5 heteroatoms. The van der Waals surface area contributed by atoms with Gasteiger partial charge in [-0.05, 0) is 31.3 Å². The molecule has 1 saturated heterocycles. The lowest BCUT2D eigenvalue weighted by atomic mass is 10.1. The first kappa shape index (κ1) is 15.3. The van der Waals surface area contributed by atoms with Crippen LogP contribution in [0.2, 0.25) is 0 Å². The minimum atomic E-state index is -0.859. The average molecular weight is 282 g/mol. The number of amides is 1. The molecule has 2 N–H and O–H groups in total. The molecule has 0 aromatic heterocycles. The number of carboxylic acids is 1. The number of carboxylic acid groups (broad SMARTS) is 1. The molecule has 114 valence electrons. The minimum absolute atomic E-state index is 0.0998. The van der Waals surface area contributed by atoms with Crippen LogP contribution in [0.4, 0.5) is 0 Å². The Balaban J connectivity index is 1.72. The zero-order chi connectivity index (χ0) is 14.8. The number of hydrogen-bond donors (Lipinski definition) is 2. The molecule has 1 aliphatic carbocycles. The normalized spacial score (nSPS) is 29.5. The maximum Gasteiger partial charge on any atom is 0.307 e. The van der Waals surface area contributed by atoms with E-state index in [2.05, 4.69) is 10.2 Å². The molecule has 2 fully saturated rings. The van der Waals surface area contributed by atoms with Gasteiger partial charge in [-0.3, -0.25) is 9.59 Å². The fourth-order valence-electron chi connectivity index (χ4n) is 3.39. The Morgan fingerprint density at radius 3 is 2.25 bits per heavy atom. The summed E-state index contributed by atoms with van der Waals surface area (Å²) in [4.78, 5) is 25.5. The van der Waals surface area contributed by atoms with Crippen molar-refractivity contribution in [2.45, 2.75) is 39.5 Å². The van der Waals surface area contributed by atoms with E-state index >= 15 is 0 Å². The van der Waals surface area contributed by atoms with Crippen molar-refractivity contribution in [2.24, 2.45) is 17.3 Å². The van der Waals surface area contributed by atoms with Gasteiger partial charge in [0.1, 0.15) is 0 Å². The number of rotatable bonds is 5. The van der Waals surface area contributed by atoms with Crippen LogP contribution >= 0.6 is 0 Å². The smallest absolute Gasteiger partial charge is 0.307 e. The number of aliphatic carboxylic acids is 1. The van der Waals surface area contributed by atoms with Crippen LogP contribution < -0.4 is 5.32 Å². The first-order valence-electron chi connectivity index (χ1n) is 7.67. The lowest BCUT2D eigenvalue weighted by molar-refractivity contribution is -0.140. The summed E-state index contributed by atoms with van der Waals surface area (Å²) in [6.07, 6.45) is 5.09. The Kier molecular flexibility index (Phi) is 4.68. The van der Waals surface area contributed by atoms with Gasteiger partial charge in [0, 0.05) is 13.1 Å². The highest BCUT2D eigenvalue weighted by atomic mass is 16.4. The molecule has 1 amide bonds. The molecule has 5 nitrogen and oxygen atoms in total. The summed E-state index contributed by atoms with van der Waals surface area (Å²) in [6.45, 7) is 7.43. The van der Waals surface area contributed by atoms with Crippen LogP contribution in [0.5, 0.6) is 0 Å². The fraction of sp³-hybridized carbons (Fsp3) is 0.867. The topological polar surface area (TPSA) is 69.6 Å². The van der Waals surface area contributed by atoms with Gasteiger partial charge in [0.05, 0.1) is 11.8 Å². The van der Waals surface area contributed by atoms with E-state index in [1.165, 1.54) is 25.7 Å². The van der Waals surface area contributed by atoms with Crippen LogP contribution in [-0.4, -0.2) is 48.1 Å². The van der Waals surface area contributed by atoms with E-state index in [0.29, 0.717) is 6.54 Å². The summed E-state index contributed by atoms with van der Waals surface area (Å²) in [5.74, 6) is -1.86. The minimum Gasteiger partial charge on any atom is -0.481 e. The van der Waals surface area contributed by atoms with Crippen molar-refractivity contribution < 1.29 is 14.7 Å². The molecule has 0 spiro atoms. The molecule has 0 bridgehead atoms. The number of nitrogens with zero attached hydrogens (tertiary/aromatic N) is 1. The van der Waals surface area contributed by atoms with Crippen LogP contribution in [-0.2, 0) is 9.59 Å². The summed E-state index contributed by atoms with van der Waals surface area (Å²) in [5.41, 5.74) is -0.404. The van der Waals surface area contributed by atoms with E-state index in [9.17, 15) is 9.59 Å². The first-order chi connectivity index (χ1) is 9.44. The summed E-state index contributed by atoms with van der Waals surface area (Å²) in [5, 5.41) is 12.0. The molecule has 2 atom stereocenters. The zero-order valence-corrected chi connectivity index (χ0v) is 12.5. The molecule has 1 heterocycles. The van der Waals surface area contributed by atoms with E-state index in [1.807, 2.05) is 13.8 Å². The van der Waals surface area contributed by atoms with Crippen molar-refractivity contribution >= 4 is 11.9 Å². The standard InChI is InChI=1S/C15H26N2O3/c1-15(2)11(12(15)14(19)20)13(18)16-7-10-17-8-5-3-4-6-9-17/h11-12H,3-10H2,1-2H3,(H,16,18)(H,19,20)/t11-,12+/m1/s1. The quantitative estimate of drug-likeness (QED) is 0.798. The monoisotopic (exact) mass is 282 g/mol. The molecule has 2 rings (SSSR count). The van der Waals surface area contributed by atoms with E-state index in [1.54, 1.807) is 0 Å². The highest BCUT2D eigenvalue weighted by Gasteiger charge is 2.65. The van der Waals surface area contributed by atoms with Crippen molar-refractivity contribution in [3.8, 4) is 0 Å². The summed E-state index contributed by atoms with van der Waals surface area (Å²) in [6, 6.07) is 0. The number of carbonyl (C=O) groups excluding carboxylic acids is 1. The molecule has 0 radical (unpaired) electrons. The van der Waals surface area contributed by atoms with Crippen molar-refractivity contribution in [1.29, 1.82) is 0 Å². The number of carbonyl (C=O) groups is 2. The van der Waals surface area contributed by atoms with Gasteiger partial charge in [-0.25, -0.2) is 0 Å². The van der Waals surface area contributed by atoms with Gasteiger partial charge >= 0.3 is 5.97 Å². The Morgan fingerprint density at radius 2 is 1.75 bits per heavy atom. The molecule has 1 aliphatic heterocycles. The van der Waals surface area contributed by atoms with Gasteiger partial charge in [0.25, 0.3) is 0 Å². The second kappa shape index (κ2) is 6.12. The molecular weight excluding hydrogens is 256 g/mol. The fourth-order valence-corrected chi connectivity index (χ4v) is 3.39. The molecule has 2 aliphatic rings. The molecule has 0 aromatic carbocycles. The van der Waals surface area contributed by atoms with Crippen LogP contribution in [0.25, 0.3) is 0 Å². The lowest BCUT2D eigenvalue weighted by Crippen LogP contribution is -2.36. The van der Waals surface area contributed by atoms with Gasteiger partial charge < -0.3 is 15.3 Å². The van der Waals surface area contributed by atoms with Gasteiger partial charge in [0.2, 0.25) is 5.91 Å². The highest BCUT2D eigenvalue weighted by molar-refractivity contribution is 5.91. The molecule has 0 aromatic rings. The molecule has 20 heavy (non-hydrogen) atoms. The molecule has 0 unspecified atom stereocenters. The second-order valence-corrected chi connectivity index (χ2v) is 6.66. The summed E-state index contributed by atoms with van der Waals surface area (Å²) in [7, 11) is 0. The molecular formula is C15H26N2O3. The number of hydrogen-bond acceptors (Lipinski definition) is 3. The first-order valence-corrected chi connectivity index (χ1v) is 7.67. The number of nitrogens with one attached hydrogen (secondary N) is 1. The number of likely N-dealkylation sites (tertiary alicyclic amines) is 1. The predicted octanol–water partition coefficient (Wildman–Crippen LogP) is 1.34. The maximum atomic E-state index is 12.1. The zero-order valence-electron chi connectivity index (χ0n) is 12.5. The predicted molar refractivity (Wildman–Crippen MR) is 76.3 cm³/mol. The average Bonchev–Trinajstić information content (AvgIpc) is 3.03. The third kappa shape index (κ3) is 3.32. The van der Waals surface area contributed by atoms with Crippen molar-refractivity contribution in [1.82, 2.24) is 10.2 Å². The third-order valence-corrected chi connectivity index (χ3v) is 4.80. The van der Waals surface area contributed by atoms with Gasteiger partial charge in [-0.15, -0.1) is 0 Å². The second-order valence-electron chi connectivity index (χ2n) is 6.66. The van der Waals surface area contributed by atoms with E-state index < -0.39 is 17.3 Å². The largest absolute Gasteiger partial charge is 0.481 e. The van der Waals surface area contributed by atoms with E-state index in [4.69, 9.17) is 5.11 Å². The van der Waals surface area contributed by atoms with Crippen LogP contribution in [0.3, 0.4) is 0 Å². The Labute approximate surface area is 120 Å².